The summed E-state index contributed by atoms with van der Waals surface area (Å²) in [6, 6.07) is 27.3. The van der Waals surface area contributed by atoms with Gasteiger partial charge < -0.3 is 14.8 Å². The molecule has 0 radical (unpaired) electrons. The molecule has 4 rings (SSSR count). The first-order valence-corrected chi connectivity index (χ1v) is 11.1. The molecule has 5 heteroatoms. The standard InChI is InChI=1S/C28H27NO4/c1-20-27(28(31)32-17-16-21-10-4-2-5-11-21)24(18-26(30)29-20)23-14-8-9-15-25(23)33-19-22-12-6-3-7-13-22/h2-15,24H,16-19H2,1H3,(H,29,30). The van der Waals surface area contributed by atoms with Crippen molar-refractivity contribution in [1.82, 2.24) is 5.32 Å². The van der Waals surface area contributed by atoms with Gasteiger partial charge in [-0.25, -0.2) is 4.79 Å². The maximum Gasteiger partial charge on any atom is 0.336 e. The lowest BCUT2D eigenvalue weighted by Gasteiger charge is -2.28. The van der Waals surface area contributed by atoms with Crippen molar-refractivity contribution in [2.45, 2.75) is 32.3 Å². The van der Waals surface area contributed by atoms with Gasteiger partial charge in [0.2, 0.25) is 5.91 Å². The first-order valence-electron chi connectivity index (χ1n) is 11.1. The normalized spacial score (nSPS) is 15.7. The van der Waals surface area contributed by atoms with E-state index in [2.05, 4.69) is 5.32 Å². The molecule has 0 saturated heterocycles. The van der Waals surface area contributed by atoms with Crippen molar-refractivity contribution in [3.63, 3.8) is 0 Å². The van der Waals surface area contributed by atoms with Gasteiger partial charge in [0.05, 0.1) is 12.2 Å². The monoisotopic (exact) mass is 441 g/mol. The summed E-state index contributed by atoms with van der Waals surface area (Å²) in [6.45, 7) is 2.41. The minimum atomic E-state index is -0.435. The minimum Gasteiger partial charge on any atom is -0.489 e. The van der Waals surface area contributed by atoms with E-state index in [1.54, 1.807) is 6.92 Å². The zero-order valence-corrected chi connectivity index (χ0v) is 18.6. The Hall–Kier alpha value is -3.86. The van der Waals surface area contributed by atoms with Crippen LogP contribution in [-0.4, -0.2) is 18.5 Å². The van der Waals surface area contributed by atoms with E-state index in [4.69, 9.17) is 9.47 Å². The predicted molar refractivity (Wildman–Crippen MR) is 127 cm³/mol. The third-order valence-electron chi connectivity index (χ3n) is 5.69. The zero-order valence-electron chi connectivity index (χ0n) is 18.6. The molecule has 0 aliphatic carbocycles. The fraction of sp³-hybridized carbons (Fsp3) is 0.214. The summed E-state index contributed by atoms with van der Waals surface area (Å²) in [6.07, 6.45) is 0.791. The molecule has 0 fully saturated rings. The molecule has 1 amide bonds. The summed E-state index contributed by atoms with van der Waals surface area (Å²) in [5.41, 5.74) is 3.94. The third-order valence-corrected chi connectivity index (χ3v) is 5.69. The van der Waals surface area contributed by atoms with E-state index in [1.165, 1.54) is 0 Å². The number of esters is 1. The SMILES string of the molecule is CC1=C(C(=O)OCCc2ccccc2)C(c2ccccc2OCc2ccccc2)CC(=O)N1. The highest BCUT2D eigenvalue weighted by Crippen LogP contribution is 2.38. The van der Waals surface area contributed by atoms with Gasteiger partial charge >= 0.3 is 5.97 Å². The number of benzene rings is 3. The van der Waals surface area contributed by atoms with Crippen LogP contribution in [0.5, 0.6) is 5.75 Å². The minimum absolute atomic E-state index is 0.129. The summed E-state index contributed by atoms with van der Waals surface area (Å²) in [5, 5.41) is 2.79. The number of nitrogens with one attached hydrogen (secondary N) is 1. The Labute approximate surface area is 194 Å². The van der Waals surface area contributed by atoms with Crippen LogP contribution < -0.4 is 10.1 Å². The Morgan fingerprint density at radius 2 is 1.55 bits per heavy atom. The molecule has 3 aromatic carbocycles. The van der Waals surface area contributed by atoms with Gasteiger partial charge in [-0.2, -0.15) is 0 Å². The molecule has 0 aromatic heterocycles. The topological polar surface area (TPSA) is 64.6 Å². The lowest BCUT2D eigenvalue weighted by Crippen LogP contribution is -2.34. The second kappa shape index (κ2) is 10.6. The van der Waals surface area contributed by atoms with Gasteiger partial charge in [-0.3, -0.25) is 4.79 Å². The first-order chi connectivity index (χ1) is 16.1. The van der Waals surface area contributed by atoms with E-state index < -0.39 is 11.9 Å². The van der Waals surface area contributed by atoms with Gasteiger partial charge in [0, 0.05) is 30.0 Å². The molecule has 1 heterocycles. The van der Waals surface area contributed by atoms with Gasteiger partial charge in [-0.05, 0) is 24.1 Å². The molecule has 1 atom stereocenters. The van der Waals surface area contributed by atoms with Crippen molar-refractivity contribution in [2.24, 2.45) is 0 Å². The van der Waals surface area contributed by atoms with E-state index >= 15 is 0 Å². The summed E-state index contributed by atoms with van der Waals surface area (Å²) in [5.74, 6) is -0.319. The predicted octanol–water partition coefficient (Wildman–Crippen LogP) is 4.93. The molecular weight excluding hydrogens is 414 g/mol. The van der Waals surface area contributed by atoms with E-state index in [9.17, 15) is 9.59 Å². The highest BCUT2D eigenvalue weighted by molar-refractivity contribution is 5.96. The molecule has 1 N–H and O–H groups in total. The molecule has 1 aliphatic heterocycles. The van der Waals surface area contributed by atoms with E-state index in [1.807, 2.05) is 84.9 Å². The van der Waals surface area contributed by atoms with Crippen molar-refractivity contribution in [3.05, 3.63) is 113 Å². The van der Waals surface area contributed by atoms with Crippen LogP contribution in [0, 0.1) is 0 Å². The van der Waals surface area contributed by atoms with Crippen LogP contribution in [0.1, 0.15) is 36.0 Å². The average Bonchev–Trinajstić information content (AvgIpc) is 2.83. The number of carbonyl (C=O) groups excluding carboxylic acids is 2. The summed E-state index contributed by atoms with van der Waals surface area (Å²) in [7, 11) is 0. The van der Waals surface area contributed by atoms with Crippen molar-refractivity contribution in [3.8, 4) is 5.75 Å². The molecule has 1 aliphatic rings. The van der Waals surface area contributed by atoms with Crippen LogP contribution in [-0.2, 0) is 27.4 Å². The number of hydrogen-bond acceptors (Lipinski definition) is 4. The summed E-state index contributed by atoms with van der Waals surface area (Å²) >= 11 is 0. The largest absolute Gasteiger partial charge is 0.489 e. The maximum atomic E-state index is 13.1. The highest BCUT2D eigenvalue weighted by atomic mass is 16.5. The second-order valence-corrected chi connectivity index (χ2v) is 8.03. The molecular formula is C28H27NO4. The molecule has 0 spiro atoms. The number of hydrogen-bond donors (Lipinski definition) is 1. The molecule has 0 bridgehead atoms. The van der Waals surface area contributed by atoms with E-state index in [0.717, 1.165) is 16.7 Å². The fourth-order valence-corrected chi connectivity index (χ4v) is 4.06. The Morgan fingerprint density at radius 1 is 0.909 bits per heavy atom. The molecule has 3 aromatic rings. The highest BCUT2D eigenvalue weighted by Gasteiger charge is 2.34. The Kier molecular flexibility index (Phi) is 7.20. The molecule has 1 unspecified atom stereocenters. The fourth-order valence-electron chi connectivity index (χ4n) is 4.06. The lowest BCUT2D eigenvalue weighted by atomic mass is 9.84. The molecule has 168 valence electrons. The van der Waals surface area contributed by atoms with Gasteiger partial charge in [-0.15, -0.1) is 0 Å². The van der Waals surface area contributed by atoms with E-state index in [0.29, 0.717) is 30.0 Å². The average molecular weight is 442 g/mol. The maximum absolute atomic E-state index is 13.1. The number of para-hydroxylation sites is 1. The Bertz CT molecular complexity index is 1140. The second-order valence-electron chi connectivity index (χ2n) is 8.03. The third kappa shape index (κ3) is 5.69. The quantitative estimate of drug-likeness (QED) is 0.504. The molecule has 5 nitrogen and oxygen atoms in total. The van der Waals surface area contributed by atoms with Crippen molar-refractivity contribution < 1.29 is 19.1 Å². The Balaban J connectivity index is 1.53. The number of rotatable bonds is 8. The summed E-state index contributed by atoms with van der Waals surface area (Å²) < 4.78 is 11.7. The number of allylic oxidation sites excluding steroid dienone is 1. The van der Waals surface area contributed by atoms with Crippen molar-refractivity contribution in [1.29, 1.82) is 0 Å². The first kappa shape index (κ1) is 22.3. The van der Waals surface area contributed by atoms with Crippen LogP contribution >= 0.6 is 0 Å². The number of ether oxygens (including phenoxy) is 2. The van der Waals surface area contributed by atoms with Gasteiger partial charge in [0.15, 0.2) is 0 Å². The van der Waals surface area contributed by atoms with Crippen molar-refractivity contribution >= 4 is 11.9 Å². The van der Waals surface area contributed by atoms with E-state index in [-0.39, 0.29) is 18.9 Å². The van der Waals surface area contributed by atoms with Crippen LogP contribution in [0.3, 0.4) is 0 Å². The van der Waals surface area contributed by atoms with Gasteiger partial charge in [0.25, 0.3) is 0 Å². The van der Waals surface area contributed by atoms with Crippen molar-refractivity contribution in [2.75, 3.05) is 6.61 Å². The van der Waals surface area contributed by atoms with Crippen LogP contribution in [0.25, 0.3) is 0 Å². The van der Waals surface area contributed by atoms with Crippen LogP contribution in [0.2, 0.25) is 0 Å². The van der Waals surface area contributed by atoms with Gasteiger partial charge in [-0.1, -0.05) is 78.9 Å². The summed E-state index contributed by atoms with van der Waals surface area (Å²) in [4.78, 5) is 25.5. The van der Waals surface area contributed by atoms with Crippen LogP contribution in [0.15, 0.2) is 96.2 Å². The van der Waals surface area contributed by atoms with Gasteiger partial charge in [0.1, 0.15) is 12.4 Å². The van der Waals surface area contributed by atoms with Crippen LogP contribution in [0.4, 0.5) is 0 Å². The molecule has 0 saturated carbocycles. The number of carbonyl (C=O) groups is 2. The molecule has 33 heavy (non-hydrogen) atoms. The smallest absolute Gasteiger partial charge is 0.336 e. The lowest BCUT2D eigenvalue weighted by molar-refractivity contribution is -0.139. The zero-order chi connectivity index (χ0) is 23.0. The number of amides is 1. The Morgan fingerprint density at radius 3 is 2.27 bits per heavy atom.